The molecule has 3 aromatic rings. The summed E-state index contributed by atoms with van der Waals surface area (Å²) in [5.74, 6) is -1.59. The number of carbonyl (C=O) groups is 2. The Balaban J connectivity index is 1.63. The first-order valence-corrected chi connectivity index (χ1v) is 9.40. The van der Waals surface area contributed by atoms with Crippen molar-refractivity contribution >= 4 is 22.9 Å². The molecule has 0 fully saturated rings. The van der Waals surface area contributed by atoms with E-state index in [1.165, 1.54) is 10.1 Å². The number of para-hydroxylation sites is 2. The number of hydrogen-bond acceptors (Lipinski definition) is 5. The molecule has 146 valence electrons. The van der Waals surface area contributed by atoms with E-state index in [9.17, 15) is 14.4 Å². The first-order valence-electron chi connectivity index (χ1n) is 9.40. The van der Waals surface area contributed by atoms with E-state index in [0.717, 1.165) is 19.3 Å². The topological polar surface area (TPSA) is 78.5 Å². The van der Waals surface area contributed by atoms with Crippen LogP contribution in [0.25, 0.3) is 11.1 Å². The quantitative estimate of drug-likeness (QED) is 0.436. The maximum absolute atomic E-state index is 12.4. The maximum atomic E-state index is 12.4. The highest BCUT2D eigenvalue weighted by Crippen LogP contribution is 2.17. The van der Waals surface area contributed by atoms with Gasteiger partial charge in [0.1, 0.15) is 6.04 Å². The van der Waals surface area contributed by atoms with Crippen molar-refractivity contribution in [2.45, 2.75) is 39.2 Å². The molecule has 0 spiro atoms. The van der Waals surface area contributed by atoms with Crippen LogP contribution in [0.4, 0.5) is 0 Å². The Labute approximate surface area is 162 Å². The third-order valence-electron chi connectivity index (χ3n) is 4.69. The Morgan fingerprint density at radius 2 is 1.82 bits per heavy atom. The van der Waals surface area contributed by atoms with E-state index in [1.54, 1.807) is 43.3 Å². The summed E-state index contributed by atoms with van der Waals surface area (Å²) in [4.78, 5) is 36.7. The molecule has 0 aliphatic rings. The van der Waals surface area contributed by atoms with Crippen molar-refractivity contribution in [1.29, 1.82) is 0 Å². The van der Waals surface area contributed by atoms with Gasteiger partial charge in [-0.25, -0.2) is 9.59 Å². The number of Topliss-reactive ketones (excluding diaryl/α,β-unsaturated/α-hetero) is 1. The fraction of sp³-hybridized carbons (Fsp3) is 0.318. The lowest BCUT2D eigenvalue weighted by Crippen LogP contribution is -2.27. The first kappa shape index (κ1) is 19.6. The zero-order valence-electron chi connectivity index (χ0n) is 16.0. The monoisotopic (exact) mass is 381 g/mol. The van der Waals surface area contributed by atoms with Gasteiger partial charge in [-0.1, -0.05) is 49.7 Å². The maximum Gasteiger partial charge on any atom is 0.420 e. The zero-order valence-corrected chi connectivity index (χ0v) is 16.0. The van der Waals surface area contributed by atoms with Crippen molar-refractivity contribution in [3.63, 3.8) is 0 Å². The molecule has 0 bridgehead atoms. The van der Waals surface area contributed by atoms with Gasteiger partial charge in [-0.2, -0.15) is 0 Å². The number of aromatic nitrogens is 1. The molecule has 6 heteroatoms. The van der Waals surface area contributed by atoms with Gasteiger partial charge in [0.25, 0.3) is 0 Å². The highest BCUT2D eigenvalue weighted by Gasteiger charge is 2.23. The normalized spacial score (nSPS) is 12.1. The van der Waals surface area contributed by atoms with E-state index >= 15 is 0 Å². The zero-order chi connectivity index (χ0) is 20.1. The minimum Gasteiger partial charge on any atom is -0.456 e. The van der Waals surface area contributed by atoms with Crippen molar-refractivity contribution in [1.82, 2.24) is 4.57 Å². The third-order valence-corrected chi connectivity index (χ3v) is 4.69. The van der Waals surface area contributed by atoms with E-state index in [2.05, 4.69) is 6.92 Å². The minimum atomic E-state index is -0.902. The van der Waals surface area contributed by atoms with E-state index in [0.29, 0.717) is 16.7 Å². The summed E-state index contributed by atoms with van der Waals surface area (Å²) >= 11 is 0. The molecule has 0 aliphatic carbocycles. The van der Waals surface area contributed by atoms with Crippen LogP contribution in [0.5, 0.6) is 0 Å². The highest BCUT2D eigenvalue weighted by atomic mass is 16.5. The van der Waals surface area contributed by atoms with Crippen molar-refractivity contribution < 1.29 is 18.7 Å². The van der Waals surface area contributed by atoms with Gasteiger partial charge >= 0.3 is 11.7 Å². The van der Waals surface area contributed by atoms with Crippen LogP contribution in [-0.2, 0) is 16.0 Å². The molecule has 0 N–H and O–H groups in total. The number of ether oxygens (including phenoxy) is 1. The number of carbonyl (C=O) groups excluding carboxylic acids is 2. The fourth-order valence-corrected chi connectivity index (χ4v) is 3.04. The van der Waals surface area contributed by atoms with Gasteiger partial charge in [0, 0.05) is 5.56 Å². The molecule has 2 aromatic carbocycles. The molecule has 0 saturated carbocycles. The van der Waals surface area contributed by atoms with E-state index in [-0.39, 0.29) is 12.4 Å². The van der Waals surface area contributed by atoms with Crippen LogP contribution >= 0.6 is 0 Å². The Kier molecular flexibility index (Phi) is 6.09. The summed E-state index contributed by atoms with van der Waals surface area (Å²) in [5.41, 5.74) is 2.57. The summed E-state index contributed by atoms with van der Waals surface area (Å²) in [7, 11) is 0. The molecule has 1 atom stereocenters. The smallest absolute Gasteiger partial charge is 0.420 e. The largest absolute Gasteiger partial charge is 0.456 e. The van der Waals surface area contributed by atoms with Crippen molar-refractivity contribution in [3.8, 4) is 0 Å². The van der Waals surface area contributed by atoms with Gasteiger partial charge in [-0.3, -0.25) is 9.36 Å². The summed E-state index contributed by atoms with van der Waals surface area (Å²) in [6, 6.07) is 13.3. The Hall–Kier alpha value is -3.15. The third kappa shape index (κ3) is 4.22. The molecule has 0 saturated heterocycles. The standard InChI is InChI=1S/C22H23NO5/c1-3-4-7-16-10-12-17(13-11-16)19(24)14-27-21(25)15(2)23-18-8-5-6-9-20(18)28-22(23)26/h5-6,8-13,15H,3-4,7,14H2,1-2H3. The molecule has 1 unspecified atom stereocenters. The number of ketones is 1. The average Bonchev–Trinajstić information content (AvgIpc) is 3.05. The van der Waals surface area contributed by atoms with Gasteiger partial charge in [-0.05, 0) is 37.5 Å². The average molecular weight is 381 g/mol. The van der Waals surface area contributed by atoms with Gasteiger partial charge in [0.2, 0.25) is 0 Å². The number of nitrogens with zero attached hydrogens (tertiary/aromatic N) is 1. The second kappa shape index (κ2) is 8.69. The molecule has 0 radical (unpaired) electrons. The summed E-state index contributed by atoms with van der Waals surface area (Å²) < 4.78 is 11.5. The first-order chi connectivity index (χ1) is 13.5. The molecule has 6 nitrogen and oxygen atoms in total. The van der Waals surface area contributed by atoms with Crippen LogP contribution in [0.1, 0.15) is 48.7 Å². The summed E-state index contributed by atoms with van der Waals surface area (Å²) in [5, 5.41) is 0. The Morgan fingerprint density at radius 1 is 1.11 bits per heavy atom. The predicted molar refractivity (Wildman–Crippen MR) is 106 cm³/mol. The van der Waals surface area contributed by atoms with Gasteiger partial charge in [-0.15, -0.1) is 0 Å². The van der Waals surface area contributed by atoms with Crippen LogP contribution in [0.2, 0.25) is 0 Å². The number of hydrogen-bond donors (Lipinski definition) is 0. The number of rotatable bonds is 8. The van der Waals surface area contributed by atoms with Gasteiger partial charge in [0.05, 0.1) is 5.52 Å². The molecule has 0 amide bonds. The molecule has 0 aliphatic heterocycles. The lowest BCUT2D eigenvalue weighted by atomic mass is 10.0. The van der Waals surface area contributed by atoms with Crippen molar-refractivity contribution in [2.24, 2.45) is 0 Å². The number of esters is 1. The Morgan fingerprint density at radius 3 is 2.54 bits per heavy atom. The minimum absolute atomic E-state index is 0.285. The SMILES string of the molecule is CCCCc1ccc(C(=O)COC(=O)C(C)n2c(=O)oc3ccccc32)cc1. The molecular weight excluding hydrogens is 358 g/mol. The van der Waals surface area contributed by atoms with Crippen LogP contribution in [0.15, 0.2) is 57.7 Å². The second-order valence-electron chi connectivity index (χ2n) is 6.71. The molecule has 1 aromatic heterocycles. The number of fused-ring (bicyclic) bond motifs is 1. The van der Waals surface area contributed by atoms with E-state index < -0.39 is 17.8 Å². The number of oxazole rings is 1. The molecule has 1 heterocycles. The summed E-state index contributed by atoms with van der Waals surface area (Å²) in [6.07, 6.45) is 3.19. The van der Waals surface area contributed by atoms with Crippen molar-refractivity contribution in [3.05, 3.63) is 70.2 Å². The van der Waals surface area contributed by atoms with Crippen LogP contribution < -0.4 is 5.76 Å². The number of benzene rings is 2. The van der Waals surface area contributed by atoms with Gasteiger partial charge < -0.3 is 9.15 Å². The molecular formula is C22H23NO5. The Bertz CT molecular complexity index is 1030. The fourth-order valence-electron chi connectivity index (χ4n) is 3.04. The lowest BCUT2D eigenvalue weighted by Gasteiger charge is -2.12. The molecule has 3 rings (SSSR count). The highest BCUT2D eigenvalue weighted by molar-refractivity contribution is 5.98. The number of unbranched alkanes of at least 4 members (excludes halogenated alkanes) is 1. The van der Waals surface area contributed by atoms with Gasteiger partial charge in [0.15, 0.2) is 18.0 Å². The van der Waals surface area contributed by atoms with Crippen LogP contribution in [-0.4, -0.2) is 22.9 Å². The van der Waals surface area contributed by atoms with Crippen LogP contribution in [0.3, 0.4) is 0 Å². The number of aryl methyl sites for hydroxylation is 1. The second-order valence-corrected chi connectivity index (χ2v) is 6.71. The van der Waals surface area contributed by atoms with E-state index in [1.807, 2.05) is 12.1 Å². The molecule has 28 heavy (non-hydrogen) atoms. The summed E-state index contributed by atoms with van der Waals surface area (Å²) in [6.45, 7) is 3.30. The van der Waals surface area contributed by atoms with Crippen molar-refractivity contribution in [2.75, 3.05) is 6.61 Å². The van der Waals surface area contributed by atoms with E-state index in [4.69, 9.17) is 9.15 Å². The van der Waals surface area contributed by atoms with Crippen LogP contribution in [0, 0.1) is 0 Å². The predicted octanol–water partition coefficient (Wildman–Crippen LogP) is 3.92. The lowest BCUT2D eigenvalue weighted by molar-refractivity contribution is -0.146.